The summed E-state index contributed by atoms with van der Waals surface area (Å²) in [4.78, 5) is 33.6. The number of rotatable bonds is 9. The van der Waals surface area contributed by atoms with E-state index in [0.29, 0.717) is 25.1 Å². The molecule has 24 heavy (non-hydrogen) atoms. The zero-order chi connectivity index (χ0) is 17.9. The molecule has 0 aliphatic carbocycles. The number of primary amides is 1. The number of carbonyl (C=O) groups excluding carboxylic acids is 3. The van der Waals surface area contributed by atoms with Gasteiger partial charge in [0, 0.05) is 12.2 Å². The van der Waals surface area contributed by atoms with Crippen molar-refractivity contribution in [3.63, 3.8) is 0 Å². The SMILES string of the molecule is BC(=O)OCc1ccc(NC(=O)C(CCCNC(N)=O)NC)cc1. The molecular formula is C15H23BN4O4. The first-order valence-corrected chi connectivity index (χ1v) is 7.66. The Kier molecular flexibility index (Phi) is 8.35. The predicted octanol–water partition coefficient (Wildman–Crippen LogP) is -0.0687. The fourth-order valence-corrected chi connectivity index (χ4v) is 2.02. The van der Waals surface area contributed by atoms with Crippen LogP contribution in [0.1, 0.15) is 18.4 Å². The summed E-state index contributed by atoms with van der Waals surface area (Å²) in [6.07, 6.45) is 1.19. The van der Waals surface area contributed by atoms with Gasteiger partial charge in [-0.2, -0.15) is 0 Å². The molecule has 1 aromatic carbocycles. The van der Waals surface area contributed by atoms with Gasteiger partial charge in [0.15, 0.2) is 0 Å². The Bertz CT molecular complexity index is 565. The lowest BCUT2D eigenvalue weighted by molar-refractivity contribution is -0.118. The van der Waals surface area contributed by atoms with Crippen molar-refractivity contribution in [2.24, 2.45) is 5.73 Å². The number of nitrogens with one attached hydrogen (secondary N) is 3. The van der Waals surface area contributed by atoms with Crippen molar-refractivity contribution in [2.75, 3.05) is 18.9 Å². The summed E-state index contributed by atoms with van der Waals surface area (Å²) < 4.78 is 4.90. The smallest absolute Gasteiger partial charge is 0.312 e. The van der Waals surface area contributed by atoms with E-state index in [1.54, 1.807) is 31.3 Å². The maximum absolute atomic E-state index is 12.2. The van der Waals surface area contributed by atoms with Gasteiger partial charge in [0.05, 0.1) is 6.04 Å². The molecule has 0 fully saturated rings. The second kappa shape index (κ2) is 10.3. The number of hydrogen-bond donors (Lipinski definition) is 4. The lowest BCUT2D eigenvalue weighted by Gasteiger charge is -2.16. The van der Waals surface area contributed by atoms with E-state index < -0.39 is 6.03 Å². The Morgan fingerprint density at radius 2 is 1.92 bits per heavy atom. The summed E-state index contributed by atoms with van der Waals surface area (Å²) in [6, 6.07) is 6.11. The van der Waals surface area contributed by atoms with E-state index in [0.717, 1.165) is 5.56 Å². The largest absolute Gasteiger partial charge is 0.469 e. The average molecular weight is 334 g/mol. The summed E-state index contributed by atoms with van der Waals surface area (Å²) in [5.41, 5.74) is 6.47. The number of anilines is 1. The summed E-state index contributed by atoms with van der Waals surface area (Å²) in [5.74, 6) is -0.501. The Balaban J connectivity index is 2.46. The molecule has 0 aliphatic heterocycles. The van der Waals surface area contributed by atoms with E-state index >= 15 is 0 Å². The van der Waals surface area contributed by atoms with Gasteiger partial charge in [-0.05, 0) is 37.6 Å². The molecule has 0 saturated carbocycles. The second-order valence-electron chi connectivity index (χ2n) is 5.24. The van der Waals surface area contributed by atoms with Crippen LogP contribution in [0.2, 0.25) is 0 Å². The highest BCUT2D eigenvalue weighted by Crippen LogP contribution is 2.11. The molecule has 9 heteroatoms. The van der Waals surface area contributed by atoms with Crippen LogP contribution in [0.3, 0.4) is 0 Å². The minimum Gasteiger partial charge on any atom is -0.469 e. The van der Waals surface area contributed by atoms with Gasteiger partial charge in [-0.1, -0.05) is 12.1 Å². The van der Waals surface area contributed by atoms with Crippen molar-refractivity contribution in [2.45, 2.75) is 25.5 Å². The molecule has 0 heterocycles. The quantitative estimate of drug-likeness (QED) is 0.372. The number of urea groups is 1. The highest BCUT2D eigenvalue weighted by molar-refractivity contribution is 6.55. The van der Waals surface area contributed by atoms with Gasteiger partial charge in [0.25, 0.3) is 0 Å². The topological polar surface area (TPSA) is 123 Å². The minimum atomic E-state index is -0.575. The van der Waals surface area contributed by atoms with E-state index in [-0.39, 0.29) is 24.4 Å². The van der Waals surface area contributed by atoms with E-state index in [1.165, 1.54) is 7.85 Å². The molecule has 1 aromatic rings. The van der Waals surface area contributed by atoms with Crippen LogP contribution in [0.5, 0.6) is 0 Å². The van der Waals surface area contributed by atoms with Gasteiger partial charge in [-0.15, -0.1) is 0 Å². The highest BCUT2D eigenvalue weighted by atomic mass is 16.5. The van der Waals surface area contributed by atoms with Crippen molar-refractivity contribution in [1.82, 2.24) is 10.6 Å². The van der Waals surface area contributed by atoms with Crippen molar-refractivity contribution in [1.29, 1.82) is 0 Å². The van der Waals surface area contributed by atoms with E-state index in [2.05, 4.69) is 16.0 Å². The molecule has 1 unspecified atom stereocenters. The molecular weight excluding hydrogens is 311 g/mol. The average Bonchev–Trinajstić information content (AvgIpc) is 2.53. The van der Waals surface area contributed by atoms with Gasteiger partial charge in [0.2, 0.25) is 19.6 Å². The number of likely N-dealkylation sites (N-methyl/N-ethyl adjacent to an activating group) is 1. The van der Waals surface area contributed by atoms with Crippen LogP contribution in [-0.4, -0.2) is 45.3 Å². The predicted molar refractivity (Wildman–Crippen MR) is 93.5 cm³/mol. The zero-order valence-corrected chi connectivity index (χ0v) is 13.9. The third kappa shape index (κ3) is 7.64. The molecule has 0 saturated heterocycles. The molecule has 0 bridgehead atoms. The lowest BCUT2D eigenvalue weighted by atomic mass is 10.1. The van der Waals surface area contributed by atoms with Gasteiger partial charge in [-0.25, -0.2) is 4.79 Å². The van der Waals surface area contributed by atoms with Crippen LogP contribution in [0, 0.1) is 0 Å². The van der Waals surface area contributed by atoms with Crippen LogP contribution in [0.15, 0.2) is 24.3 Å². The summed E-state index contributed by atoms with van der Waals surface area (Å²) in [6.45, 7) is 0.626. The van der Waals surface area contributed by atoms with Crippen LogP contribution >= 0.6 is 0 Å². The Morgan fingerprint density at radius 3 is 2.46 bits per heavy atom. The van der Waals surface area contributed by atoms with Crippen molar-refractivity contribution in [3.8, 4) is 0 Å². The standard InChI is InChI=1S/C15H23BN4O4/c1-18-12(3-2-8-19-15(17)23)13(21)20-11-6-4-10(5-7-11)9-24-14(16)22/h4-7,12,18H,2-3,8-9,16H2,1H3,(H,20,21)(H3,17,19,23). The summed E-state index contributed by atoms with van der Waals surface area (Å²) in [5, 5.41) is 8.24. The number of nitrogens with two attached hydrogens (primary N) is 1. The fourth-order valence-electron chi connectivity index (χ4n) is 2.02. The number of carbonyl (C=O) groups is 3. The van der Waals surface area contributed by atoms with Crippen LogP contribution in [0.25, 0.3) is 0 Å². The molecule has 8 nitrogen and oxygen atoms in total. The summed E-state index contributed by atoms with van der Waals surface area (Å²) >= 11 is 0. The number of amides is 3. The molecule has 3 amide bonds. The number of ether oxygens (including phenoxy) is 1. The molecule has 1 atom stereocenters. The lowest BCUT2D eigenvalue weighted by Crippen LogP contribution is -2.39. The van der Waals surface area contributed by atoms with Crippen LogP contribution < -0.4 is 21.7 Å². The van der Waals surface area contributed by atoms with E-state index in [9.17, 15) is 14.4 Å². The van der Waals surface area contributed by atoms with Gasteiger partial charge in [-0.3, -0.25) is 9.59 Å². The zero-order valence-electron chi connectivity index (χ0n) is 13.9. The van der Waals surface area contributed by atoms with E-state index in [4.69, 9.17) is 10.5 Å². The van der Waals surface area contributed by atoms with Crippen LogP contribution in [-0.2, 0) is 16.1 Å². The first kappa shape index (κ1) is 19.5. The van der Waals surface area contributed by atoms with Gasteiger partial charge < -0.3 is 26.4 Å². The van der Waals surface area contributed by atoms with Gasteiger partial charge in [0.1, 0.15) is 6.61 Å². The molecule has 0 aromatic heterocycles. The maximum Gasteiger partial charge on any atom is 0.312 e. The molecule has 5 N–H and O–H groups in total. The highest BCUT2D eigenvalue weighted by Gasteiger charge is 2.16. The third-order valence-electron chi connectivity index (χ3n) is 3.30. The normalized spacial score (nSPS) is 11.4. The summed E-state index contributed by atoms with van der Waals surface area (Å²) in [7, 11) is 3.05. The molecule has 0 radical (unpaired) electrons. The first-order chi connectivity index (χ1) is 11.4. The third-order valence-corrected chi connectivity index (χ3v) is 3.30. The van der Waals surface area contributed by atoms with E-state index in [1.807, 2.05) is 0 Å². The fraction of sp³-hybridized carbons (Fsp3) is 0.400. The second-order valence-corrected chi connectivity index (χ2v) is 5.24. The molecule has 0 spiro atoms. The Labute approximate surface area is 141 Å². The first-order valence-electron chi connectivity index (χ1n) is 7.66. The molecule has 0 aliphatic rings. The van der Waals surface area contributed by atoms with Crippen molar-refractivity contribution < 1.29 is 19.1 Å². The Morgan fingerprint density at radius 1 is 1.25 bits per heavy atom. The number of benzene rings is 1. The monoisotopic (exact) mass is 334 g/mol. The van der Waals surface area contributed by atoms with Crippen LogP contribution in [0.4, 0.5) is 15.3 Å². The van der Waals surface area contributed by atoms with Gasteiger partial charge >= 0.3 is 6.03 Å². The number of hydrogen-bond acceptors (Lipinski definition) is 5. The van der Waals surface area contributed by atoms with Crippen molar-refractivity contribution >= 4 is 31.3 Å². The maximum atomic E-state index is 12.2. The molecule has 130 valence electrons. The Hall–Kier alpha value is -2.55. The van der Waals surface area contributed by atoms with Crippen molar-refractivity contribution in [3.05, 3.63) is 29.8 Å². The molecule has 1 rings (SSSR count). The minimum absolute atomic E-state index is 0.163.